The van der Waals surface area contributed by atoms with Gasteiger partial charge in [0.1, 0.15) is 0 Å². The highest BCUT2D eigenvalue weighted by Crippen LogP contribution is 2.32. The van der Waals surface area contributed by atoms with Gasteiger partial charge >= 0.3 is 0 Å². The molecule has 0 bridgehead atoms. The summed E-state index contributed by atoms with van der Waals surface area (Å²) in [5, 5.41) is 2.84. The van der Waals surface area contributed by atoms with Gasteiger partial charge in [0.05, 0.1) is 16.8 Å². The zero-order valence-corrected chi connectivity index (χ0v) is 20.2. The van der Waals surface area contributed by atoms with E-state index in [1.807, 2.05) is 57.2 Å². The number of amides is 4. The standard InChI is InChI=1S/C28H27N3O4/c1-5-30(19(4)32)16-20-7-6-8-22(14-20)29-26(33)21-11-12-23-24(15-21)28(35)31(27(23)34)25-13-17(2)9-10-18(25)3/h6-15H,5,16H2,1-4H3,(H,29,33). The molecular formula is C28H27N3O4. The highest BCUT2D eigenvalue weighted by Gasteiger charge is 2.37. The number of anilines is 2. The van der Waals surface area contributed by atoms with Crippen molar-refractivity contribution in [2.45, 2.75) is 34.2 Å². The first kappa shape index (κ1) is 23.9. The molecule has 3 aromatic carbocycles. The van der Waals surface area contributed by atoms with E-state index in [0.717, 1.165) is 16.7 Å². The van der Waals surface area contributed by atoms with E-state index in [0.29, 0.717) is 24.5 Å². The third kappa shape index (κ3) is 4.71. The molecule has 35 heavy (non-hydrogen) atoms. The fraction of sp³-hybridized carbons (Fsp3) is 0.214. The minimum absolute atomic E-state index is 0.0193. The lowest BCUT2D eigenvalue weighted by molar-refractivity contribution is -0.129. The van der Waals surface area contributed by atoms with Crippen LogP contribution in [-0.4, -0.2) is 35.1 Å². The molecule has 0 spiro atoms. The minimum atomic E-state index is -0.445. The number of nitrogens with zero attached hydrogens (tertiary/aromatic N) is 2. The molecule has 0 saturated carbocycles. The number of imide groups is 1. The van der Waals surface area contributed by atoms with Crippen LogP contribution < -0.4 is 10.2 Å². The minimum Gasteiger partial charge on any atom is -0.339 e. The van der Waals surface area contributed by atoms with Crippen LogP contribution in [0.15, 0.2) is 60.7 Å². The molecule has 0 aromatic heterocycles. The fourth-order valence-corrected chi connectivity index (χ4v) is 4.18. The zero-order chi connectivity index (χ0) is 25.3. The van der Waals surface area contributed by atoms with E-state index in [-0.39, 0.29) is 22.6 Å². The van der Waals surface area contributed by atoms with Crippen molar-refractivity contribution in [3.05, 3.63) is 94.0 Å². The molecule has 0 aliphatic carbocycles. The highest BCUT2D eigenvalue weighted by molar-refractivity contribution is 6.35. The average Bonchev–Trinajstić information content (AvgIpc) is 3.08. The molecule has 1 aliphatic rings. The number of hydrogen-bond donors (Lipinski definition) is 1. The second-order valence-electron chi connectivity index (χ2n) is 8.68. The van der Waals surface area contributed by atoms with Crippen molar-refractivity contribution in [2.75, 3.05) is 16.8 Å². The van der Waals surface area contributed by atoms with Crippen LogP contribution in [0.3, 0.4) is 0 Å². The van der Waals surface area contributed by atoms with Crippen molar-refractivity contribution in [3.8, 4) is 0 Å². The molecule has 7 heteroatoms. The van der Waals surface area contributed by atoms with Crippen LogP contribution in [0.2, 0.25) is 0 Å². The van der Waals surface area contributed by atoms with Gasteiger partial charge in [0, 0.05) is 31.3 Å². The molecule has 3 aromatic rings. The molecule has 7 nitrogen and oxygen atoms in total. The number of benzene rings is 3. The van der Waals surface area contributed by atoms with E-state index in [2.05, 4.69) is 5.32 Å². The number of carbonyl (C=O) groups is 4. The first-order valence-electron chi connectivity index (χ1n) is 11.5. The van der Waals surface area contributed by atoms with Gasteiger partial charge in [-0.1, -0.05) is 24.3 Å². The maximum atomic E-state index is 13.2. The SMILES string of the molecule is CCN(Cc1cccc(NC(=O)c2ccc3c(c2)C(=O)N(c2cc(C)ccc2C)C3=O)c1)C(C)=O. The molecular weight excluding hydrogens is 442 g/mol. The molecule has 0 fully saturated rings. The summed E-state index contributed by atoms with van der Waals surface area (Å²) in [4.78, 5) is 53.8. The number of fused-ring (bicyclic) bond motifs is 1. The molecule has 0 atom stereocenters. The van der Waals surface area contributed by atoms with E-state index < -0.39 is 17.7 Å². The fourth-order valence-electron chi connectivity index (χ4n) is 4.18. The van der Waals surface area contributed by atoms with Gasteiger partial charge in [0.2, 0.25) is 5.91 Å². The summed E-state index contributed by atoms with van der Waals surface area (Å²) in [6.45, 7) is 8.22. The Morgan fingerprint density at radius 3 is 2.37 bits per heavy atom. The third-order valence-electron chi connectivity index (χ3n) is 6.14. The van der Waals surface area contributed by atoms with Gasteiger partial charge in [0.15, 0.2) is 0 Å². The summed E-state index contributed by atoms with van der Waals surface area (Å²) < 4.78 is 0. The number of nitrogens with one attached hydrogen (secondary N) is 1. The number of hydrogen-bond acceptors (Lipinski definition) is 4. The van der Waals surface area contributed by atoms with Gasteiger partial charge in [-0.05, 0) is 73.9 Å². The molecule has 0 radical (unpaired) electrons. The van der Waals surface area contributed by atoms with Crippen LogP contribution in [0, 0.1) is 13.8 Å². The van der Waals surface area contributed by atoms with Crippen molar-refractivity contribution in [2.24, 2.45) is 0 Å². The maximum absolute atomic E-state index is 13.2. The van der Waals surface area contributed by atoms with E-state index in [4.69, 9.17) is 0 Å². The van der Waals surface area contributed by atoms with Crippen molar-refractivity contribution < 1.29 is 19.2 Å². The smallest absolute Gasteiger partial charge is 0.266 e. The van der Waals surface area contributed by atoms with Crippen molar-refractivity contribution in [3.63, 3.8) is 0 Å². The lowest BCUT2D eigenvalue weighted by Gasteiger charge is -2.19. The van der Waals surface area contributed by atoms with E-state index in [1.54, 1.807) is 17.0 Å². The first-order chi connectivity index (χ1) is 16.7. The maximum Gasteiger partial charge on any atom is 0.266 e. The van der Waals surface area contributed by atoms with Gasteiger partial charge < -0.3 is 10.2 Å². The second kappa shape index (κ2) is 9.54. The van der Waals surface area contributed by atoms with Crippen LogP contribution >= 0.6 is 0 Å². The van der Waals surface area contributed by atoms with Crippen LogP contribution in [0.25, 0.3) is 0 Å². The quantitative estimate of drug-likeness (QED) is 0.529. The molecule has 1 aliphatic heterocycles. The molecule has 0 unspecified atom stereocenters. The predicted octanol–water partition coefficient (Wildman–Crippen LogP) is 4.72. The van der Waals surface area contributed by atoms with E-state index in [9.17, 15) is 19.2 Å². The highest BCUT2D eigenvalue weighted by atomic mass is 16.2. The number of carbonyl (C=O) groups excluding carboxylic acids is 4. The Balaban J connectivity index is 1.56. The summed E-state index contributed by atoms with van der Waals surface area (Å²) >= 11 is 0. The van der Waals surface area contributed by atoms with Crippen LogP contribution in [0.4, 0.5) is 11.4 Å². The van der Waals surface area contributed by atoms with Crippen LogP contribution in [0.1, 0.15) is 61.6 Å². The summed E-state index contributed by atoms with van der Waals surface area (Å²) in [7, 11) is 0. The van der Waals surface area contributed by atoms with Crippen molar-refractivity contribution in [1.82, 2.24) is 4.90 Å². The van der Waals surface area contributed by atoms with Crippen LogP contribution in [0.5, 0.6) is 0 Å². The largest absolute Gasteiger partial charge is 0.339 e. The zero-order valence-electron chi connectivity index (χ0n) is 20.2. The number of rotatable bonds is 6. The Kier molecular flexibility index (Phi) is 6.51. The molecule has 178 valence electrons. The molecule has 4 rings (SSSR count). The van der Waals surface area contributed by atoms with Crippen molar-refractivity contribution >= 4 is 35.0 Å². The molecule has 4 amide bonds. The summed E-state index contributed by atoms with van der Waals surface area (Å²) in [6.07, 6.45) is 0. The topological polar surface area (TPSA) is 86.8 Å². The summed E-state index contributed by atoms with van der Waals surface area (Å²) in [5.74, 6) is -1.26. The molecule has 0 saturated heterocycles. The van der Waals surface area contributed by atoms with Gasteiger partial charge in [-0.3, -0.25) is 19.2 Å². The Labute approximate surface area is 204 Å². The lowest BCUT2D eigenvalue weighted by Crippen LogP contribution is -2.30. The third-order valence-corrected chi connectivity index (χ3v) is 6.14. The first-order valence-corrected chi connectivity index (χ1v) is 11.5. The Morgan fingerprint density at radius 2 is 1.66 bits per heavy atom. The van der Waals surface area contributed by atoms with Gasteiger partial charge in [-0.25, -0.2) is 4.90 Å². The monoisotopic (exact) mass is 469 g/mol. The van der Waals surface area contributed by atoms with Gasteiger partial charge in [-0.15, -0.1) is 0 Å². The molecule has 1 heterocycles. The predicted molar refractivity (Wildman–Crippen MR) is 135 cm³/mol. The Bertz CT molecular complexity index is 1360. The average molecular weight is 470 g/mol. The van der Waals surface area contributed by atoms with E-state index >= 15 is 0 Å². The second-order valence-corrected chi connectivity index (χ2v) is 8.68. The van der Waals surface area contributed by atoms with Crippen molar-refractivity contribution in [1.29, 1.82) is 0 Å². The lowest BCUT2D eigenvalue weighted by atomic mass is 10.1. The van der Waals surface area contributed by atoms with E-state index in [1.165, 1.54) is 24.0 Å². The van der Waals surface area contributed by atoms with Gasteiger partial charge in [-0.2, -0.15) is 0 Å². The normalized spacial score (nSPS) is 12.5. The Hall–Kier alpha value is -4.26. The summed E-state index contributed by atoms with van der Waals surface area (Å²) in [6, 6.07) is 17.4. The van der Waals surface area contributed by atoms with Crippen LogP contribution in [-0.2, 0) is 11.3 Å². The molecule has 1 N–H and O–H groups in total. The summed E-state index contributed by atoms with van der Waals surface area (Å²) in [5.41, 5.74) is 4.52. The number of aryl methyl sites for hydroxylation is 2. The Morgan fingerprint density at radius 1 is 0.914 bits per heavy atom. The van der Waals surface area contributed by atoms with Gasteiger partial charge in [0.25, 0.3) is 17.7 Å².